The van der Waals surface area contributed by atoms with Gasteiger partial charge in [-0.25, -0.2) is 4.39 Å². The molecule has 1 aromatic rings. The van der Waals surface area contributed by atoms with Gasteiger partial charge in [-0.1, -0.05) is 18.2 Å². The van der Waals surface area contributed by atoms with Crippen LogP contribution >= 0.6 is 0 Å². The zero-order valence-corrected chi connectivity index (χ0v) is 9.52. The van der Waals surface area contributed by atoms with Gasteiger partial charge in [0, 0.05) is 0 Å². The largest absolute Gasteiger partial charge is 0.473 e. The van der Waals surface area contributed by atoms with E-state index in [1.807, 2.05) is 0 Å². The number of halogens is 6. The minimum absolute atomic E-state index is 0.230. The van der Waals surface area contributed by atoms with Crippen molar-refractivity contribution in [1.29, 1.82) is 0 Å². The first-order chi connectivity index (χ1) is 6.89. The molecule has 0 aliphatic carbocycles. The predicted octanol–water partition coefficient (Wildman–Crippen LogP) is 0.143. The maximum atomic E-state index is 13.3. The normalized spacial score (nSPS) is 16.1. The highest BCUT2D eigenvalue weighted by Gasteiger charge is 2.68. The fraction of sp³-hybridized carbons (Fsp3) is 0.333. The lowest BCUT2D eigenvalue weighted by atomic mass is 10.4. The summed E-state index contributed by atoms with van der Waals surface area (Å²) in [5, 5.41) is 0. The molecule has 6 heteroatoms. The number of hydrogen-bond acceptors (Lipinski definition) is 0. The molecule has 0 amide bonds. The Morgan fingerprint density at radius 1 is 1.00 bits per heavy atom. The molecule has 0 radical (unpaired) electrons. The molecule has 0 saturated heterocycles. The van der Waals surface area contributed by atoms with E-state index in [2.05, 4.69) is 0 Å². The van der Waals surface area contributed by atoms with Crippen LogP contribution in [0.2, 0.25) is 0 Å². The average molecular weight is 337 g/mol. The summed E-state index contributed by atoms with van der Waals surface area (Å²) < 4.78 is 58.6. The van der Waals surface area contributed by atoms with Crippen molar-refractivity contribution in [3.05, 3.63) is 33.9 Å². The average Bonchev–Trinajstić information content (AvgIpc) is 2.17. The van der Waals surface area contributed by atoms with E-state index in [1.165, 1.54) is 24.3 Å². The van der Waals surface area contributed by atoms with E-state index in [1.54, 1.807) is 6.07 Å². The van der Waals surface area contributed by atoms with Gasteiger partial charge in [-0.15, -0.1) is 0 Å². The first-order valence-corrected chi connectivity index (χ1v) is 6.07. The standard InChI is InChI=1S/C9H7F5I/c10-6-8(11,9(12,13)14)15-7-4-2-1-3-5-7/h1-5H,6H2/q+1. The van der Waals surface area contributed by atoms with Crippen LogP contribution < -0.4 is 21.2 Å². The van der Waals surface area contributed by atoms with Gasteiger partial charge in [0.25, 0.3) is 0 Å². The fourth-order valence-corrected chi connectivity index (χ4v) is 3.02. The van der Waals surface area contributed by atoms with Crippen molar-refractivity contribution >= 4 is 0 Å². The van der Waals surface area contributed by atoms with Crippen molar-refractivity contribution < 1.29 is 43.2 Å². The monoisotopic (exact) mass is 337 g/mol. The van der Waals surface area contributed by atoms with Gasteiger partial charge in [-0.05, 0) is 12.1 Å². The molecule has 0 aromatic heterocycles. The van der Waals surface area contributed by atoms with Crippen LogP contribution in [0.5, 0.6) is 0 Å². The molecular weight excluding hydrogens is 330 g/mol. The summed E-state index contributed by atoms with van der Waals surface area (Å²) in [6.07, 6.45) is -5.13. The molecule has 0 nitrogen and oxygen atoms in total. The Morgan fingerprint density at radius 3 is 1.93 bits per heavy atom. The Balaban J connectivity index is 2.87. The number of rotatable bonds is 3. The van der Waals surface area contributed by atoms with E-state index in [9.17, 15) is 22.0 Å². The minimum atomic E-state index is -5.13. The summed E-state index contributed by atoms with van der Waals surface area (Å²) in [7, 11) is 0. The molecule has 15 heavy (non-hydrogen) atoms. The summed E-state index contributed by atoms with van der Waals surface area (Å²) in [4.78, 5) is 0. The zero-order valence-electron chi connectivity index (χ0n) is 7.36. The first-order valence-electron chi connectivity index (χ1n) is 3.92. The van der Waals surface area contributed by atoms with Gasteiger partial charge < -0.3 is 0 Å². The summed E-state index contributed by atoms with van der Waals surface area (Å²) in [5.74, 6) is 0. The molecule has 0 spiro atoms. The summed E-state index contributed by atoms with van der Waals surface area (Å²) >= 11 is -2.08. The van der Waals surface area contributed by atoms with Crippen molar-refractivity contribution in [2.75, 3.05) is 6.67 Å². The van der Waals surface area contributed by atoms with E-state index in [4.69, 9.17) is 0 Å². The van der Waals surface area contributed by atoms with E-state index in [0.717, 1.165) is 0 Å². The third-order valence-electron chi connectivity index (χ3n) is 1.57. The van der Waals surface area contributed by atoms with Gasteiger partial charge in [0.2, 0.25) is 0 Å². The topological polar surface area (TPSA) is 0 Å². The van der Waals surface area contributed by atoms with Crippen molar-refractivity contribution in [2.24, 2.45) is 0 Å². The molecular formula is C9H7F5I+. The third kappa shape index (κ3) is 3.02. The van der Waals surface area contributed by atoms with Gasteiger partial charge in [0.15, 0.2) is 10.2 Å². The molecule has 84 valence electrons. The Hall–Kier alpha value is -0.400. The highest BCUT2D eigenvalue weighted by atomic mass is 127. The molecule has 0 aliphatic heterocycles. The van der Waals surface area contributed by atoms with Gasteiger partial charge in [0.1, 0.15) is 0 Å². The summed E-state index contributed by atoms with van der Waals surface area (Å²) in [6, 6.07) is 7.37. The van der Waals surface area contributed by atoms with Crippen molar-refractivity contribution in [2.45, 2.75) is 9.85 Å². The molecule has 0 N–H and O–H groups in total. The lowest BCUT2D eigenvalue weighted by molar-refractivity contribution is -0.761. The van der Waals surface area contributed by atoms with Crippen LogP contribution in [0.25, 0.3) is 0 Å². The molecule has 0 aliphatic rings. The second-order valence-electron chi connectivity index (χ2n) is 2.73. The van der Waals surface area contributed by atoms with Gasteiger partial charge in [-0.2, -0.15) is 17.6 Å². The van der Waals surface area contributed by atoms with Crippen LogP contribution in [0.3, 0.4) is 0 Å². The van der Waals surface area contributed by atoms with Crippen LogP contribution in [0.4, 0.5) is 22.0 Å². The fourth-order valence-electron chi connectivity index (χ4n) is 0.805. The molecule has 1 rings (SSSR count). The lowest BCUT2D eigenvalue weighted by Crippen LogP contribution is -3.69. The van der Waals surface area contributed by atoms with Crippen LogP contribution in [0, 0.1) is 3.57 Å². The number of alkyl halides is 6. The molecule has 0 fully saturated rings. The van der Waals surface area contributed by atoms with Crippen molar-refractivity contribution in [3.8, 4) is 0 Å². The quantitative estimate of drug-likeness (QED) is 0.418. The van der Waals surface area contributed by atoms with Crippen LogP contribution in [0.1, 0.15) is 0 Å². The van der Waals surface area contributed by atoms with Crippen LogP contribution in [-0.4, -0.2) is 16.5 Å². The second kappa shape index (κ2) is 4.63. The van der Waals surface area contributed by atoms with E-state index < -0.39 is 37.7 Å². The van der Waals surface area contributed by atoms with Crippen molar-refractivity contribution in [1.82, 2.24) is 0 Å². The predicted molar refractivity (Wildman–Crippen MR) is 41.0 cm³/mol. The number of benzene rings is 1. The Bertz CT molecular complexity index is 310. The van der Waals surface area contributed by atoms with Gasteiger partial charge >= 0.3 is 31.1 Å². The Kier molecular flexibility index (Phi) is 3.91. The highest BCUT2D eigenvalue weighted by Crippen LogP contribution is 2.27. The third-order valence-corrected chi connectivity index (χ3v) is 4.67. The summed E-state index contributed by atoms with van der Waals surface area (Å²) in [5.41, 5.74) is 0. The molecule has 0 bridgehead atoms. The smallest absolute Gasteiger partial charge is 0.242 e. The molecule has 0 heterocycles. The first kappa shape index (κ1) is 12.7. The van der Waals surface area contributed by atoms with Gasteiger partial charge in [-0.3, -0.25) is 0 Å². The van der Waals surface area contributed by atoms with Crippen LogP contribution in [-0.2, 0) is 0 Å². The Labute approximate surface area is 93.7 Å². The maximum Gasteiger partial charge on any atom is 0.473 e. The van der Waals surface area contributed by atoms with Gasteiger partial charge in [0.05, 0.1) is 0 Å². The van der Waals surface area contributed by atoms with E-state index >= 15 is 0 Å². The minimum Gasteiger partial charge on any atom is -0.242 e. The van der Waals surface area contributed by atoms with Crippen LogP contribution in [0.15, 0.2) is 30.3 Å². The molecule has 0 saturated carbocycles. The maximum absolute atomic E-state index is 13.3. The molecule has 1 atom stereocenters. The molecule has 1 aromatic carbocycles. The summed E-state index contributed by atoms with van der Waals surface area (Å²) in [6.45, 7) is -2.02. The van der Waals surface area contributed by atoms with E-state index in [-0.39, 0.29) is 3.57 Å². The Morgan fingerprint density at radius 2 is 1.53 bits per heavy atom. The van der Waals surface area contributed by atoms with Crippen molar-refractivity contribution in [3.63, 3.8) is 0 Å². The van der Waals surface area contributed by atoms with E-state index in [0.29, 0.717) is 0 Å². The zero-order chi connectivity index (χ0) is 11.5. The lowest BCUT2D eigenvalue weighted by Gasteiger charge is -2.13. The highest BCUT2D eigenvalue weighted by molar-refractivity contribution is 4.99. The molecule has 1 unspecified atom stereocenters. The SMILES string of the molecule is FCC(F)([I+]c1ccccc1)C(F)(F)F. The second-order valence-corrected chi connectivity index (χ2v) is 6.22. The number of hydrogen-bond donors (Lipinski definition) is 0.